The summed E-state index contributed by atoms with van der Waals surface area (Å²) in [5.41, 5.74) is 1.74. The molecule has 27 heavy (non-hydrogen) atoms. The second-order valence-electron chi connectivity index (χ2n) is 5.90. The predicted molar refractivity (Wildman–Crippen MR) is 94.7 cm³/mol. The van der Waals surface area contributed by atoms with Gasteiger partial charge in [0.2, 0.25) is 0 Å². The number of amides is 3. The van der Waals surface area contributed by atoms with Crippen LogP contribution < -0.4 is 10.6 Å². The highest BCUT2D eigenvalue weighted by molar-refractivity contribution is 6.02. The molecule has 0 spiro atoms. The molecule has 9 heteroatoms. The number of esters is 1. The molecule has 1 atom stereocenters. The summed E-state index contributed by atoms with van der Waals surface area (Å²) in [6.45, 7) is 4.21. The predicted octanol–water partition coefficient (Wildman–Crippen LogP) is 2.33. The number of nitrogens with one attached hydrogen (secondary N) is 3. The number of ether oxygens (including phenoxy) is 1. The molecule has 8 nitrogen and oxygen atoms in total. The molecule has 0 aliphatic heterocycles. The molecule has 144 valence electrons. The summed E-state index contributed by atoms with van der Waals surface area (Å²) in [6.07, 6.45) is -0.770. The smallest absolute Gasteiger partial charge is 0.355 e. The number of para-hydroxylation sites is 1. The van der Waals surface area contributed by atoms with Gasteiger partial charge in [-0.15, -0.1) is 0 Å². The summed E-state index contributed by atoms with van der Waals surface area (Å²) in [5.74, 6) is -2.33. The standard InChI is InChI=1S/C18H20FN3O5/c1-9-15(11(3)23)10(2)20-16(9)17(25)27-8-14(24)22-18(26)21-13-7-5-4-6-12(13)19/h4-7,11,20,23H,8H2,1-3H3,(H2,21,22,24,26)/t11-/m0/s1. The van der Waals surface area contributed by atoms with Crippen molar-refractivity contribution in [2.24, 2.45) is 0 Å². The molecular weight excluding hydrogens is 357 g/mol. The number of aliphatic hydroxyl groups excluding tert-OH is 1. The van der Waals surface area contributed by atoms with E-state index in [2.05, 4.69) is 10.3 Å². The number of carbonyl (C=O) groups is 3. The average Bonchev–Trinajstić information content (AvgIpc) is 2.89. The number of H-pyrrole nitrogens is 1. The molecule has 0 saturated heterocycles. The molecule has 0 bridgehead atoms. The first-order valence-corrected chi connectivity index (χ1v) is 8.10. The molecular formula is C18H20FN3O5. The molecule has 2 aromatic rings. The number of halogens is 1. The first-order valence-electron chi connectivity index (χ1n) is 8.10. The molecule has 0 aliphatic carbocycles. The van der Waals surface area contributed by atoms with Crippen LogP contribution in [0.3, 0.4) is 0 Å². The fraction of sp³-hybridized carbons (Fsp3) is 0.278. The number of anilines is 1. The van der Waals surface area contributed by atoms with Crippen molar-refractivity contribution in [1.82, 2.24) is 10.3 Å². The van der Waals surface area contributed by atoms with Gasteiger partial charge in [0.15, 0.2) is 6.61 Å². The Labute approximate surface area is 154 Å². The van der Waals surface area contributed by atoms with Crippen LogP contribution in [0.2, 0.25) is 0 Å². The maximum Gasteiger partial charge on any atom is 0.355 e. The van der Waals surface area contributed by atoms with E-state index in [1.165, 1.54) is 18.2 Å². The molecule has 1 aromatic heterocycles. The highest BCUT2D eigenvalue weighted by Crippen LogP contribution is 2.24. The normalized spacial score (nSPS) is 11.6. The van der Waals surface area contributed by atoms with Gasteiger partial charge in [-0.3, -0.25) is 10.1 Å². The summed E-state index contributed by atoms with van der Waals surface area (Å²) in [7, 11) is 0. The number of aryl methyl sites for hydroxylation is 1. The van der Waals surface area contributed by atoms with Crippen molar-refractivity contribution in [1.29, 1.82) is 0 Å². The zero-order valence-electron chi connectivity index (χ0n) is 15.1. The minimum Gasteiger partial charge on any atom is -0.451 e. The van der Waals surface area contributed by atoms with Gasteiger partial charge >= 0.3 is 12.0 Å². The molecule has 0 unspecified atom stereocenters. The van der Waals surface area contributed by atoms with Crippen molar-refractivity contribution in [2.45, 2.75) is 26.9 Å². The Morgan fingerprint density at radius 3 is 2.52 bits per heavy atom. The SMILES string of the molecule is Cc1[nH]c(C(=O)OCC(=O)NC(=O)Nc2ccccc2F)c(C)c1[C@H](C)O. The molecule has 2 rings (SSSR count). The van der Waals surface area contributed by atoms with Crippen LogP contribution in [0.1, 0.15) is 40.3 Å². The van der Waals surface area contributed by atoms with E-state index in [9.17, 15) is 23.9 Å². The van der Waals surface area contributed by atoms with Gasteiger partial charge in [0.25, 0.3) is 5.91 Å². The first kappa shape index (κ1) is 20.1. The minimum absolute atomic E-state index is 0.0945. The van der Waals surface area contributed by atoms with Crippen LogP contribution in [0.4, 0.5) is 14.9 Å². The Morgan fingerprint density at radius 2 is 1.93 bits per heavy atom. The third-order valence-corrected chi connectivity index (χ3v) is 3.83. The number of benzene rings is 1. The van der Waals surface area contributed by atoms with Gasteiger partial charge in [0, 0.05) is 11.3 Å². The summed E-state index contributed by atoms with van der Waals surface area (Å²) >= 11 is 0. The zero-order chi connectivity index (χ0) is 20.1. The van der Waals surface area contributed by atoms with Crippen molar-refractivity contribution in [3.63, 3.8) is 0 Å². The van der Waals surface area contributed by atoms with Gasteiger partial charge in [-0.25, -0.2) is 14.0 Å². The first-order chi connectivity index (χ1) is 12.7. The minimum atomic E-state index is -0.954. The van der Waals surface area contributed by atoms with Crippen LogP contribution in [-0.4, -0.2) is 34.6 Å². The van der Waals surface area contributed by atoms with E-state index < -0.39 is 36.4 Å². The van der Waals surface area contributed by atoms with E-state index in [1.807, 2.05) is 5.32 Å². The van der Waals surface area contributed by atoms with Crippen molar-refractivity contribution < 1.29 is 28.6 Å². The second kappa shape index (κ2) is 8.45. The van der Waals surface area contributed by atoms with Crippen molar-refractivity contribution in [3.05, 3.63) is 52.6 Å². The molecule has 1 aromatic carbocycles. The lowest BCUT2D eigenvalue weighted by molar-refractivity contribution is -0.123. The van der Waals surface area contributed by atoms with E-state index in [0.29, 0.717) is 16.8 Å². The summed E-state index contributed by atoms with van der Waals surface area (Å²) in [6, 6.07) is 4.50. The lowest BCUT2D eigenvalue weighted by Crippen LogP contribution is -2.37. The fourth-order valence-corrected chi connectivity index (χ4v) is 2.68. The third-order valence-electron chi connectivity index (χ3n) is 3.83. The monoisotopic (exact) mass is 377 g/mol. The summed E-state index contributed by atoms with van der Waals surface area (Å²) in [5, 5.41) is 13.8. The maximum absolute atomic E-state index is 13.4. The Morgan fingerprint density at radius 1 is 1.26 bits per heavy atom. The third kappa shape index (κ3) is 4.91. The quantitative estimate of drug-likeness (QED) is 0.596. The van der Waals surface area contributed by atoms with Crippen LogP contribution in [0.25, 0.3) is 0 Å². The van der Waals surface area contributed by atoms with E-state index in [1.54, 1.807) is 20.8 Å². The molecule has 0 radical (unpaired) electrons. The Hall–Kier alpha value is -3.20. The number of rotatable bonds is 5. The topological polar surface area (TPSA) is 121 Å². The van der Waals surface area contributed by atoms with E-state index in [4.69, 9.17) is 4.74 Å². The number of urea groups is 1. The fourth-order valence-electron chi connectivity index (χ4n) is 2.68. The number of aromatic amines is 1. The number of hydrogen-bond acceptors (Lipinski definition) is 5. The molecule has 0 saturated carbocycles. The number of carbonyl (C=O) groups excluding carboxylic acids is 3. The Bertz CT molecular complexity index is 876. The van der Waals surface area contributed by atoms with Crippen molar-refractivity contribution >= 4 is 23.6 Å². The second-order valence-corrected chi connectivity index (χ2v) is 5.90. The van der Waals surface area contributed by atoms with E-state index in [0.717, 1.165) is 6.07 Å². The largest absolute Gasteiger partial charge is 0.451 e. The lowest BCUT2D eigenvalue weighted by atomic mass is 10.1. The number of aromatic nitrogens is 1. The molecule has 0 fully saturated rings. The molecule has 0 aliphatic rings. The van der Waals surface area contributed by atoms with Crippen molar-refractivity contribution in [3.8, 4) is 0 Å². The van der Waals surface area contributed by atoms with Gasteiger partial charge < -0.3 is 20.1 Å². The Balaban J connectivity index is 1.90. The number of aliphatic hydroxyl groups is 1. The lowest BCUT2D eigenvalue weighted by Gasteiger charge is -2.08. The highest BCUT2D eigenvalue weighted by Gasteiger charge is 2.22. The zero-order valence-corrected chi connectivity index (χ0v) is 15.1. The van der Waals surface area contributed by atoms with Crippen LogP contribution in [-0.2, 0) is 9.53 Å². The van der Waals surface area contributed by atoms with Gasteiger partial charge in [-0.1, -0.05) is 12.1 Å². The van der Waals surface area contributed by atoms with Crippen LogP contribution in [0, 0.1) is 19.7 Å². The summed E-state index contributed by atoms with van der Waals surface area (Å²) in [4.78, 5) is 38.3. The summed E-state index contributed by atoms with van der Waals surface area (Å²) < 4.78 is 18.3. The van der Waals surface area contributed by atoms with E-state index in [-0.39, 0.29) is 11.4 Å². The van der Waals surface area contributed by atoms with Crippen LogP contribution in [0.5, 0.6) is 0 Å². The van der Waals surface area contributed by atoms with Gasteiger partial charge in [0.05, 0.1) is 11.8 Å². The number of hydrogen-bond donors (Lipinski definition) is 4. The molecule has 1 heterocycles. The van der Waals surface area contributed by atoms with Crippen molar-refractivity contribution in [2.75, 3.05) is 11.9 Å². The molecule has 3 amide bonds. The van der Waals surface area contributed by atoms with Crippen LogP contribution >= 0.6 is 0 Å². The Kier molecular flexibility index (Phi) is 6.30. The van der Waals surface area contributed by atoms with Gasteiger partial charge in [-0.05, 0) is 38.5 Å². The maximum atomic E-state index is 13.4. The highest BCUT2D eigenvalue weighted by atomic mass is 19.1. The van der Waals surface area contributed by atoms with Gasteiger partial charge in [-0.2, -0.15) is 0 Å². The van der Waals surface area contributed by atoms with E-state index >= 15 is 0 Å². The average molecular weight is 377 g/mol. The van der Waals surface area contributed by atoms with Crippen LogP contribution in [0.15, 0.2) is 24.3 Å². The molecule has 4 N–H and O–H groups in total. The number of imide groups is 1. The van der Waals surface area contributed by atoms with Gasteiger partial charge in [0.1, 0.15) is 11.5 Å².